The number of nitrogens with zero attached hydrogens (tertiary/aromatic N) is 1. The number of esters is 1. The Balaban J connectivity index is 1.63. The Morgan fingerprint density at radius 2 is 1.77 bits per heavy atom. The third-order valence-electron chi connectivity index (χ3n) is 5.71. The van der Waals surface area contributed by atoms with Crippen LogP contribution in [-0.4, -0.2) is 13.1 Å². The number of para-hydroxylation sites is 1. The highest BCUT2D eigenvalue weighted by atomic mass is 16.6. The Bertz CT molecular complexity index is 1600. The molecule has 0 unspecified atom stereocenters. The molecular weight excluding hydrogens is 448 g/mol. The van der Waals surface area contributed by atoms with Crippen molar-refractivity contribution in [1.29, 1.82) is 5.26 Å². The first-order chi connectivity index (χ1) is 17.0. The number of carbonyl (C=O) groups is 1. The van der Waals surface area contributed by atoms with E-state index >= 15 is 0 Å². The number of hydrogen-bond donors (Lipinski definition) is 1. The molecule has 8 nitrogen and oxygen atoms in total. The van der Waals surface area contributed by atoms with Crippen LogP contribution in [0.4, 0.5) is 0 Å². The summed E-state index contributed by atoms with van der Waals surface area (Å²) < 4.78 is 22.2. The molecule has 1 aliphatic heterocycles. The molecule has 1 aromatic heterocycles. The second kappa shape index (κ2) is 8.72. The summed E-state index contributed by atoms with van der Waals surface area (Å²) in [5, 5.41) is 10.4. The number of allylic oxidation sites excluding steroid dienone is 1. The lowest BCUT2D eigenvalue weighted by Crippen LogP contribution is -2.26. The molecular formula is C27H18N2O6. The van der Waals surface area contributed by atoms with E-state index in [0.29, 0.717) is 22.1 Å². The number of hydrogen-bond acceptors (Lipinski definition) is 8. The fraction of sp³-hybridized carbons (Fsp3) is 0.0741. The van der Waals surface area contributed by atoms with Crippen LogP contribution < -0.4 is 25.6 Å². The first kappa shape index (κ1) is 21.8. The molecule has 0 amide bonds. The van der Waals surface area contributed by atoms with Crippen molar-refractivity contribution in [2.24, 2.45) is 5.73 Å². The molecule has 0 spiro atoms. The van der Waals surface area contributed by atoms with Gasteiger partial charge in [-0.1, -0.05) is 36.4 Å². The molecule has 5 rings (SSSR count). The molecule has 1 atom stereocenters. The zero-order chi connectivity index (χ0) is 24.5. The molecule has 35 heavy (non-hydrogen) atoms. The van der Waals surface area contributed by atoms with Crippen LogP contribution in [0.15, 0.2) is 93.5 Å². The van der Waals surface area contributed by atoms with E-state index < -0.39 is 17.5 Å². The lowest BCUT2D eigenvalue weighted by Gasteiger charge is -2.26. The zero-order valence-electron chi connectivity index (χ0n) is 18.5. The van der Waals surface area contributed by atoms with Crippen LogP contribution in [0.2, 0.25) is 0 Å². The van der Waals surface area contributed by atoms with Crippen LogP contribution in [0.3, 0.4) is 0 Å². The molecule has 2 N–H and O–H groups in total. The van der Waals surface area contributed by atoms with Crippen molar-refractivity contribution in [2.75, 3.05) is 7.11 Å². The predicted molar refractivity (Wildman–Crippen MR) is 126 cm³/mol. The Kier molecular flexibility index (Phi) is 5.43. The van der Waals surface area contributed by atoms with Crippen molar-refractivity contribution in [3.05, 3.63) is 111 Å². The average molecular weight is 466 g/mol. The average Bonchev–Trinajstić information content (AvgIpc) is 2.88. The highest BCUT2D eigenvalue weighted by Crippen LogP contribution is 2.45. The molecule has 8 heteroatoms. The SMILES string of the molecule is COc1cc([C@@H]2C(C#N)=C(N)Oc3c2c(=O)oc2ccccc32)ccc1OC(=O)c1ccccc1. The summed E-state index contributed by atoms with van der Waals surface area (Å²) in [6.07, 6.45) is 0. The van der Waals surface area contributed by atoms with Crippen molar-refractivity contribution in [3.8, 4) is 23.3 Å². The van der Waals surface area contributed by atoms with E-state index in [4.69, 9.17) is 24.4 Å². The molecule has 0 radical (unpaired) electrons. The number of nitrogens with two attached hydrogens (primary N) is 1. The summed E-state index contributed by atoms with van der Waals surface area (Å²) >= 11 is 0. The van der Waals surface area contributed by atoms with E-state index in [2.05, 4.69) is 0 Å². The van der Waals surface area contributed by atoms with E-state index in [0.717, 1.165) is 0 Å². The maximum absolute atomic E-state index is 13.0. The summed E-state index contributed by atoms with van der Waals surface area (Å²) in [5.74, 6) is -0.894. The van der Waals surface area contributed by atoms with Crippen LogP contribution in [0.5, 0.6) is 17.2 Å². The number of methoxy groups -OCH3 is 1. The quantitative estimate of drug-likeness (QED) is 0.269. The van der Waals surface area contributed by atoms with Crippen molar-refractivity contribution in [2.45, 2.75) is 5.92 Å². The van der Waals surface area contributed by atoms with Gasteiger partial charge in [0.25, 0.3) is 0 Å². The summed E-state index contributed by atoms with van der Waals surface area (Å²) in [6, 6.07) is 22.2. The summed E-state index contributed by atoms with van der Waals surface area (Å²) in [4.78, 5) is 25.6. The van der Waals surface area contributed by atoms with Gasteiger partial charge in [-0.2, -0.15) is 5.26 Å². The minimum atomic E-state index is -0.877. The molecule has 2 heterocycles. The smallest absolute Gasteiger partial charge is 0.344 e. The minimum Gasteiger partial charge on any atom is -0.493 e. The lowest BCUT2D eigenvalue weighted by molar-refractivity contribution is 0.0729. The van der Waals surface area contributed by atoms with Gasteiger partial charge in [-0.3, -0.25) is 0 Å². The van der Waals surface area contributed by atoms with Crippen LogP contribution in [0.25, 0.3) is 11.0 Å². The van der Waals surface area contributed by atoms with Gasteiger partial charge >= 0.3 is 11.6 Å². The molecule has 172 valence electrons. The van der Waals surface area contributed by atoms with E-state index in [1.165, 1.54) is 13.2 Å². The monoisotopic (exact) mass is 466 g/mol. The van der Waals surface area contributed by atoms with Gasteiger partial charge in [-0.15, -0.1) is 0 Å². The second-order valence-corrected chi connectivity index (χ2v) is 7.72. The Labute approximate surface area is 199 Å². The van der Waals surface area contributed by atoms with Gasteiger partial charge in [0.05, 0.1) is 29.5 Å². The minimum absolute atomic E-state index is 0.0520. The fourth-order valence-electron chi connectivity index (χ4n) is 4.08. The Hall–Kier alpha value is -5.03. The third kappa shape index (κ3) is 3.75. The number of ether oxygens (including phenoxy) is 3. The van der Waals surface area contributed by atoms with Gasteiger partial charge in [0.15, 0.2) is 17.2 Å². The normalized spacial score (nSPS) is 14.6. The van der Waals surface area contributed by atoms with Gasteiger partial charge in [0.1, 0.15) is 17.2 Å². The maximum atomic E-state index is 13.0. The van der Waals surface area contributed by atoms with E-state index in [9.17, 15) is 14.9 Å². The van der Waals surface area contributed by atoms with Crippen LogP contribution in [0.1, 0.15) is 27.4 Å². The molecule has 3 aromatic carbocycles. The zero-order valence-corrected chi connectivity index (χ0v) is 18.5. The van der Waals surface area contributed by atoms with E-state index in [-0.39, 0.29) is 34.3 Å². The number of carbonyl (C=O) groups excluding carboxylic acids is 1. The first-order valence-electron chi connectivity index (χ1n) is 10.6. The van der Waals surface area contributed by atoms with E-state index in [1.807, 2.05) is 6.07 Å². The predicted octanol–water partition coefficient (Wildman–Crippen LogP) is 4.24. The topological polar surface area (TPSA) is 125 Å². The summed E-state index contributed by atoms with van der Waals surface area (Å²) in [7, 11) is 1.42. The van der Waals surface area contributed by atoms with Crippen LogP contribution in [-0.2, 0) is 0 Å². The largest absolute Gasteiger partial charge is 0.493 e. The molecule has 4 aromatic rings. The summed E-state index contributed by atoms with van der Waals surface area (Å²) in [6.45, 7) is 0. The number of benzene rings is 3. The maximum Gasteiger partial charge on any atom is 0.344 e. The highest BCUT2D eigenvalue weighted by molar-refractivity contribution is 5.91. The second-order valence-electron chi connectivity index (χ2n) is 7.72. The van der Waals surface area contributed by atoms with E-state index in [1.54, 1.807) is 66.7 Å². The third-order valence-corrected chi connectivity index (χ3v) is 5.71. The number of nitriles is 1. The molecule has 0 saturated heterocycles. The van der Waals surface area contributed by atoms with Crippen molar-refractivity contribution < 1.29 is 23.4 Å². The molecule has 0 saturated carbocycles. The van der Waals surface area contributed by atoms with Crippen LogP contribution in [0, 0.1) is 11.3 Å². The van der Waals surface area contributed by atoms with Crippen molar-refractivity contribution in [1.82, 2.24) is 0 Å². The fourth-order valence-corrected chi connectivity index (χ4v) is 4.08. The van der Waals surface area contributed by atoms with Gasteiger partial charge < -0.3 is 24.4 Å². The molecule has 0 aliphatic carbocycles. The number of fused-ring (bicyclic) bond motifs is 3. The lowest BCUT2D eigenvalue weighted by atomic mass is 9.83. The molecule has 1 aliphatic rings. The van der Waals surface area contributed by atoms with Crippen molar-refractivity contribution >= 4 is 16.9 Å². The summed E-state index contributed by atoms with van der Waals surface area (Å²) in [5.41, 5.74) is 6.87. The standard InChI is InChI=1S/C27H18N2O6/c1-32-21-13-16(11-12-20(21)34-26(30)15-7-3-2-4-8-15)22-18(14-28)25(29)35-24-17-9-5-6-10-19(17)33-27(31)23(22)24/h2-13,22H,29H2,1H3/t22-/m1/s1. The van der Waals surface area contributed by atoms with Crippen LogP contribution >= 0.6 is 0 Å². The molecule has 0 bridgehead atoms. The van der Waals surface area contributed by atoms with Crippen molar-refractivity contribution in [3.63, 3.8) is 0 Å². The highest BCUT2D eigenvalue weighted by Gasteiger charge is 2.36. The van der Waals surface area contributed by atoms with Gasteiger partial charge in [0.2, 0.25) is 5.88 Å². The van der Waals surface area contributed by atoms with Gasteiger partial charge in [-0.05, 0) is 42.0 Å². The number of rotatable bonds is 4. The first-order valence-corrected chi connectivity index (χ1v) is 10.6. The Morgan fingerprint density at radius 3 is 2.51 bits per heavy atom. The molecule has 0 fully saturated rings. The van der Waals surface area contributed by atoms with Gasteiger partial charge in [-0.25, -0.2) is 9.59 Å². The van der Waals surface area contributed by atoms with Gasteiger partial charge in [0, 0.05) is 0 Å². The Morgan fingerprint density at radius 1 is 1.03 bits per heavy atom.